The van der Waals surface area contributed by atoms with Gasteiger partial charge in [0.25, 0.3) is 0 Å². The SMILES string of the molecule is CCCC1CCN(c2nc(CC)nc(NC)c2C)CC1. The maximum atomic E-state index is 4.77. The average Bonchev–Trinajstić information content (AvgIpc) is 2.49. The molecule has 4 heteroatoms. The molecule has 1 N–H and O–H groups in total. The van der Waals surface area contributed by atoms with Gasteiger partial charge in [-0.05, 0) is 25.7 Å². The molecular formula is C16H28N4. The predicted molar refractivity (Wildman–Crippen MR) is 85.5 cm³/mol. The highest BCUT2D eigenvalue weighted by atomic mass is 15.2. The Balaban J connectivity index is 2.16. The molecule has 2 heterocycles. The van der Waals surface area contributed by atoms with Gasteiger partial charge in [-0.1, -0.05) is 26.7 Å². The van der Waals surface area contributed by atoms with Crippen molar-refractivity contribution in [2.24, 2.45) is 5.92 Å². The Morgan fingerprint density at radius 1 is 1.20 bits per heavy atom. The molecule has 1 fully saturated rings. The maximum Gasteiger partial charge on any atom is 0.137 e. The van der Waals surface area contributed by atoms with Crippen LogP contribution in [0.2, 0.25) is 0 Å². The molecule has 112 valence electrons. The van der Waals surface area contributed by atoms with E-state index in [0.29, 0.717) is 0 Å². The third-order valence-electron chi connectivity index (χ3n) is 4.33. The van der Waals surface area contributed by atoms with Crippen molar-refractivity contribution in [3.63, 3.8) is 0 Å². The minimum absolute atomic E-state index is 0.883. The number of hydrogen-bond donors (Lipinski definition) is 1. The highest BCUT2D eigenvalue weighted by Crippen LogP contribution is 2.29. The second kappa shape index (κ2) is 6.91. The normalized spacial score (nSPS) is 16.5. The minimum atomic E-state index is 0.883. The third-order valence-corrected chi connectivity index (χ3v) is 4.33. The number of piperidine rings is 1. The summed E-state index contributed by atoms with van der Waals surface area (Å²) in [6.07, 6.45) is 6.16. The molecule has 1 aromatic heterocycles. The summed E-state index contributed by atoms with van der Waals surface area (Å²) in [4.78, 5) is 11.8. The van der Waals surface area contributed by atoms with Crippen LogP contribution >= 0.6 is 0 Å². The molecule has 0 spiro atoms. The summed E-state index contributed by atoms with van der Waals surface area (Å²) in [5.41, 5.74) is 1.18. The van der Waals surface area contributed by atoms with Gasteiger partial charge in [-0.15, -0.1) is 0 Å². The Kier molecular flexibility index (Phi) is 5.21. The number of aryl methyl sites for hydroxylation is 1. The van der Waals surface area contributed by atoms with Crippen molar-refractivity contribution < 1.29 is 0 Å². The molecule has 1 aromatic rings. The minimum Gasteiger partial charge on any atom is -0.373 e. The average molecular weight is 276 g/mol. The van der Waals surface area contributed by atoms with Crippen LogP contribution in [-0.4, -0.2) is 30.1 Å². The number of nitrogens with zero attached hydrogens (tertiary/aromatic N) is 3. The molecule has 1 aliphatic heterocycles. The first-order valence-corrected chi connectivity index (χ1v) is 7.99. The summed E-state index contributed by atoms with van der Waals surface area (Å²) in [6.45, 7) is 8.79. The van der Waals surface area contributed by atoms with E-state index < -0.39 is 0 Å². The summed E-state index contributed by atoms with van der Waals surface area (Å²) in [5.74, 6) is 3.96. The Bertz CT molecular complexity index is 436. The molecule has 2 rings (SSSR count). The molecule has 0 bridgehead atoms. The van der Waals surface area contributed by atoms with Gasteiger partial charge in [0.2, 0.25) is 0 Å². The van der Waals surface area contributed by atoms with Gasteiger partial charge in [0.1, 0.15) is 17.5 Å². The van der Waals surface area contributed by atoms with Crippen molar-refractivity contribution in [3.8, 4) is 0 Å². The fourth-order valence-electron chi connectivity index (χ4n) is 3.10. The van der Waals surface area contributed by atoms with Crippen molar-refractivity contribution in [1.82, 2.24) is 9.97 Å². The van der Waals surface area contributed by atoms with Gasteiger partial charge in [-0.3, -0.25) is 0 Å². The third kappa shape index (κ3) is 3.22. The van der Waals surface area contributed by atoms with Crippen LogP contribution in [0.4, 0.5) is 11.6 Å². The van der Waals surface area contributed by atoms with E-state index in [1.807, 2.05) is 7.05 Å². The summed E-state index contributed by atoms with van der Waals surface area (Å²) < 4.78 is 0. The Morgan fingerprint density at radius 2 is 1.90 bits per heavy atom. The van der Waals surface area contributed by atoms with Crippen LogP contribution in [0.5, 0.6) is 0 Å². The highest BCUT2D eigenvalue weighted by Gasteiger charge is 2.22. The molecule has 1 aliphatic rings. The van der Waals surface area contributed by atoms with Gasteiger partial charge in [-0.25, -0.2) is 9.97 Å². The number of hydrogen-bond acceptors (Lipinski definition) is 4. The number of aromatic nitrogens is 2. The summed E-state index contributed by atoms with van der Waals surface area (Å²) in [5, 5.41) is 3.20. The monoisotopic (exact) mass is 276 g/mol. The van der Waals surface area contributed by atoms with Gasteiger partial charge < -0.3 is 10.2 Å². The van der Waals surface area contributed by atoms with Crippen molar-refractivity contribution in [1.29, 1.82) is 0 Å². The lowest BCUT2D eigenvalue weighted by Gasteiger charge is -2.34. The van der Waals surface area contributed by atoms with Crippen molar-refractivity contribution >= 4 is 11.6 Å². The summed E-state index contributed by atoms with van der Waals surface area (Å²) >= 11 is 0. The molecule has 0 radical (unpaired) electrons. The molecule has 0 amide bonds. The van der Waals surface area contributed by atoms with Crippen LogP contribution in [0.15, 0.2) is 0 Å². The molecule has 0 unspecified atom stereocenters. The zero-order valence-corrected chi connectivity index (χ0v) is 13.4. The smallest absolute Gasteiger partial charge is 0.137 e. The Labute approximate surface area is 123 Å². The van der Waals surface area contributed by atoms with E-state index >= 15 is 0 Å². The van der Waals surface area contributed by atoms with E-state index in [9.17, 15) is 0 Å². The molecule has 20 heavy (non-hydrogen) atoms. The van der Waals surface area contributed by atoms with E-state index in [1.54, 1.807) is 0 Å². The lowest BCUT2D eigenvalue weighted by molar-refractivity contribution is 0.377. The molecule has 0 saturated carbocycles. The van der Waals surface area contributed by atoms with Gasteiger partial charge in [0.05, 0.1) is 0 Å². The van der Waals surface area contributed by atoms with Gasteiger partial charge >= 0.3 is 0 Å². The second-order valence-corrected chi connectivity index (χ2v) is 5.76. The molecule has 0 atom stereocenters. The van der Waals surface area contributed by atoms with Gasteiger partial charge in [0, 0.05) is 32.1 Å². The van der Waals surface area contributed by atoms with Crippen LogP contribution in [0.3, 0.4) is 0 Å². The molecular weight excluding hydrogens is 248 g/mol. The van der Waals surface area contributed by atoms with E-state index in [4.69, 9.17) is 4.98 Å². The van der Waals surface area contributed by atoms with Crippen LogP contribution in [0.1, 0.15) is 50.9 Å². The second-order valence-electron chi connectivity index (χ2n) is 5.76. The molecule has 0 aromatic carbocycles. The number of rotatable bonds is 5. The van der Waals surface area contributed by atoms with Crippen LogP contribution in [-0.2, 0) is 6.42 Å². The van der Waals surface area contributed by atoms with Crippen molar-refractivity contribution in [3.05, 3.63) is 11.4 Å². The first kappa shape index (κ1) is 15.1. The van der Waals surface area contributed by atoms with Crippen LogP contribution in [0, 0.1) is 12.8 Å². The fourth-order valence-corrected chi connectivity index (χ4v) is 3.10. The van der Waals surface area contributed by atoms with E-state index in [1.165, 1.54) is 31.2 Å². The lowest BCUT2D eigenvalue weighted by atomic mass is 9.92. The number of anilines is 2. The maximum absolute atomic E-state index is 4.77. The topological polar surface area (TPSA) is 41.1 Å². The largest absolute Gasteiger partial charge is 0.373 e. The Morgan fingerprint density at radius 3 is 2.45 bits per heavy atom. The zero-order chi connectivity index (χ0) is 14.5. The Hall–Kier alpha value is -1.32. The lowest BCUT2D eigenvalue weighted by Crippen LogP contribution is -2.35. The standard InChI is InChI=1S/C16H28N4/c1-5-7-13-8-10-20(11-9-13)16-12(3)15(17-4)18-14(6-2)19-16/h13H,5-11H2,1-4H3,(H,17,18,19). The highest BCUT2D eigenvalue weighted by molar-refractivity contribution is 5.58. The van der Waals surface area contributed by atoms with Crippen LogP contribution in [0.25, 0.3) is 0 Å². The van der Waals surface area contributed by atoms with Crippen LogP contribution < -0.4 is 10.2 Å². The van der Waals surface area contributed by atoms with Gasteiger partial charge in [-0.2, -0.15) is 0 Å². The van der Waals surface area contributed by atoms with Gasteiger partial charge in [0.15, 0.2) is 0 Å². The van der Waals surface area contributed by atoms with E-state index in [0.717, 1.165) is 42.9 Å². The molecule has 4 nitrogen and oxygen atoms in total. The first-order valence-electron chi connectivity index (χ1n) is 7.99. The first-order chi connectivity index (χ1) is 9.69. The van der Waals surface area contributed by atoms with Crippen molar-refractivity contribution in [2.45, 2.75) is 52.9 Å². The van der Waals surface area contributed by atoms with E-state index in [-0.39, 0.29) is 0 Å². The van der Waals surface area contributed by atoms with Crippen molar-refractivity contribution in [2.75, 3.05) is 30.4 Å². The quantitative estimate of drug-likeness (QED) is 0.895. The molecule has 1 saturated heterocycles. The number of nitrogens with one attached hydrogen (secondary N) is 1. The summed E-state index contributed by atoms with van der Waals surface area (Å²) in [7, 11) is 1.94. The fraction of sp³-hybridized carbons (Fsp3) is 0.750. The molecule has 0 aliphatic carbocycles. The predicted octanol–water partition coefficient (Wildman–Crippen LogP) is 3.41. The zero-order valence-electron chi connectivity index (χ0n) is 13.4. The van der Waals surface area contributed by atoms with E-state index in [2.05, 4.69) is 36.0 Å². The summed E-state index contributed by atoms with van der Waals surface area (Å²) in [6, 6.07) is 0.